The molecule has 232 valence electrons. The van der Waals surface area contributed by atoms with Crippen LogP contribution in [0, 0.1) is 5.82 Å². The molecule has 0 aliphatic carbocycles. The zero-order valence-electron chi connectivity index (χ0n) is 25.7. The number of anilines is 5. The quantitative estimate of drug-likeness (QED) is 0.185. The van der Waals surface area contributed by atoms with Crippen LogP contribution in [0.15, 0.2) is 109 Å². The van der Waals surface area contributed by atoms with Crippen LogP contribution in [0.2, 0.25) is 0 Å². The highest BCUT2D eigenvalue weighted by Gasteiger charge is 2.22. The van der Waals surface area contributed by atoms with Gasteiger partial charge in [-0.05, 0) is 54.6 Å². The van der Waals surface area contributed by atoms with Crippen molar-refractivity contribution in [1.29, 1.82) is 0 Å². The number of rotatable bonds is 9. The first-order valence-corrected chi connectivity index (χ1v) is 15.4. The third kappa shape index (κ3) is 6.33. The zero-order chi connectivity index (χ0) is 31.5. The van der Waals surface area contributed by atoms with Gasteiger partial charge in [0, 0.05) is 50.6 Å². The Morgan fingerprint density at radius 2 is 1.50 bits per heavy atom. The van der Waals surface area contributed by atoms with E-state index in [1.165, 1.54) is 6.07 Å². The van der Waals surface area contributed by atoms with Crippen molar-refractivity contribution in [3.8, 4) is 5.69 Å². The fourth-order valence-corrected chi connectivity index (χ4v) is 5.86. The molecule has 0 radical (unpaired) electrons. The molecule has 7 rings (SSSR count). The second-order valence-electron chi connectivity index (χ2n) is 11.7. The number of hydrogen-bond acceptors (Lipinski definition) is 8. The Balaban J connectivity index is 1.31. The molecular weight excluding hydrogens is 577 g/mol. The standard InChI is InChI=1S/C36H36FN9/c1-43-17-19-44(20-18-43)32-16-15-29(22-31(32)37)40-36-41-34(33-35(42-36)46(25-39-33)30-14-8-13-28(38)21-30)45(23-26-9-4-2-5-10-26)24-27-11-6-3-7-12-27/h2-16,21-22,25H,17-20,23-24,38H2,1H3,(H,40,41,42). The maximum absolute atomic E-state index is 15.5. The van der Waals surface area contributed by atoms with Crippen molar-refractivity contribution < 1.29 is 4.39 Å². The van der Waals surface area contributed by atoms with Crippen molar-refractivity contribution >= 4 is 40.0 Å². The van der Waals surface area contributed by atoms with Gasteiger partial charge in [0.15, 0.2) is 17.0 Å². The van der Waals surface area contributed by atoms with Crippen molar-refractivity contribution in [2.24, 2.45) is 0 Å². The number of nitrogen functional groups attached to an aromatic ring is 1. The predicted octanol–water partition coefficient (Wildman–Crippen LogP) is 6.24. The number of aromatic nitrogens is 4. The summed E-state index contributed by atoms with van der Waals surface area (Å²) in [6.45, 7) is 4.58. The van der Waals surface area contributed by atoms with E-state index in [-0.39, 0.29) is 5.82 Å². The van der Waals surface area contributed by atoms with Crippen LogP contribution in [0.3, 0.4) is 0 Å². The molecule has 0 atom stereocenters. The van der Waals surface area contributed by atoms with Gasteiger partial charge in [-0.3, -0.25) is 4.57 Å². The summed E-state index contributed by atoms with van der Waals surface area (Å²) in [5.41, 5.74) is 12.3. The van der Waals surface area contributed by atoms with Crippen LogP contribution in [-0.2, 0) is 13.1 Å². The van der Waals surface area contributed by atoms with Crippen molar-refractivity contribution in [1.82, 2.24) is 24.4 Å². The van der Waals surface area contributed by atoms with Crippen molar-refractivity contribution in [2.45, 2.75) is 13.1 Å². The topological polar surface area (TPSA) is 91.4 Å². The Morgan fingerprint density at radius 3 is 2.15 bits per heavy atom. The van der Waals surface area contributed by atoms with Gasteiger partial charge >= 0.3 is 0 Å². The Morgan fingerprint density at radius 1 is 0.804 bits per heavy atom. The van der Waals surface area contributed by atoms with Crippen LogP contribution in [0.25, 0.3) is 16.9 Å². The number of piperazine rings is 1. The molecule has 46 heavy (non-hydrogen) atoms. The fourth-order valence-electron chi connectivity index (χ4n) is 5.86. The van der Waals surface area contributed by atoms with Gasteiger partial charge in [0.2, 0.25) is 5.95 Å². The van der Waals surface area contributed by atoms with Crippen molar-refractivity contribution in [3.63, 3.8) is 0 Å². The second kappa shape index (κ2) is 12.9. The molecule has 1 fully saturated rings. The molecule has 9 nitrogen and oxygen atoms in total. The summed E-state index contributed by atoms with van der Waals surface area (Å²) in [5, 5.41) is 3.30. The van der Waals surface area contributed by atoms with Crippen molar-refractivity contribution in [2.75, 3.05) is 54.1 Å². The maximum atomic E-state index is 15.5. The molecule has 1 aliphatic heterocycles. The SMILES string of the molecule is CN1CCN(c2ccc(Nc3nc(N(Cc4ccccc4)Cc4ccccc4)c4ncn(-c5cccc(N)c5)c4n3)cc2F)CC1. The van der Waals surface area contributed by atoms with E-state index in [1.807, 2.05) is 77.4 Å². The predicted molar refractivity (Wildman–Crippen MR) is 183 cm³/mol. The number of halogens is 1. The summed E-state index contributed by atoms with van der Waals surface area (Å²) < 4.78 is 17.4. The normalized spacial score (nSPS) is 13.7. The molecule has 1 aliphatic rings. The molecule has 3 N–H and O–H groups in total. The van der Waals surface area contributed by atoms with E-state index in [9.17, 15) is 0 Å². The molecule has 0 amide bonds. The van der Waals surface area contributed by atoms with Crippen molar-refractivity contribution in [3.05, 3.63) is 126 Å². The third-order valence-electron chi connectivity index (χ3n) is 8.31. The highest BCUT2D eigenvalue weighted by Crippen LogP contribution is 2.31. The Kier molecular flexibility index (Phi) is 8.18. The Labute approximate surface area is 267 Å². The number of nitrogens with one attached hydrogen (secondary N) is 1. The number of imidazole rings is 1. The van der Waals surface area contributed by atoms with Gasteiger partial charge in [-0.1, -0.05) is 66.7 Å². The molecule has 6 aromatic rings. The van der Waals surface area contributed by atoms with Gasteiger partial charge in [-0.25, -0.2) is 9.37 Å². The molecule has 0 spiro atoms. The first-order chi connectivity index (χ1) is 22.5. The van der Waals surface area contributed by atoms with E-state index in [1.54, 1.807) is 6.33 Å². The number of likely N-dealkylation sites (N-methyl/N-ethyl adjacent to an activating group) is 1. The minimum Gasteiger partial charge on any atom is -0.399 e. The van der Waals surface area contributed by atoms with Gasteiger partial charge in [-0.15, -0.1) is 0 Å². The molecule has 0 bridgehead atoms. The molecule has 0 unspecified atom stereocenters. The zero-order valence-corrected chi connectivity index (χ0v) is 25.7. The highest BCUT2D eigenvalue weighted by atomic mass is 19.1. The van der Waals surface area contributed by atoms with E-state index < -0.39 is 0 Å². The number of nitrogens with two attached hydrogens (primary N) is 1. The van der Waals surface area contributed by atoms with E-state index in [0.717, 1.165) is 43.0 Å². The van der Waals surface area contributed by atoms with E-state index in [4.69, 9.17) is 20.7 Å². The van der Waals surface area contributed by atoms with Gasteiger partial charge in [-0.2, -0.15) is 9.97 Å². The summed E-state index contributed by atoms with van der Waals surface area (Å²) >= 11 is 0. The summed E-state index contributed by atoms with van der Waals surface area (Å²) in [6.07, 6.45) is 1.75. The Bertz CT molecular complexity index is 1900. The summed E-state index contributed by atoms with van der Waals surface area (Å²) in [6, 6.07) is 33.4. The minimum atomic E-state index is -0.282. The molecule has 0 saturated carbocycles. The first kappa shape index (κ1) is 29.2. The number of benzene rings is 4. The Hall–Kier alpha value is -5.48. The lowest BCUT2D eigenvalue weighted by molar-refractivity contribution is 0.311. The van der Waals surface area contributed by atoms with Crippen LogP contribution in [0.1, 0.15) is 11.1 Å². The molecule has 3 heterocycles. The highest BCUT2D eigenvalue weighted by molar-refractivity contribution is 5.86. The van der Waals surface area contributed by atoms with E-state index in [2.05, 4.69) is 51.3 Å². The average Bonchev–Trinajstić information content (AvgIpc) is 3.50. The lowest BCUT2D eigenvalue weighted by atomic mass is 10.1. The second-order valence-corrected chi connectivity index (χ2v) is 11.7. The van der Waals surface area contributed by atoms with Crippen LogP contribution < -0.4 is 20.9 Å². The van der Waals surface area contributed by atoms with Gasteiger partial charge < -0.3 is 25.8 Å². The van der Waals surface area contributed by atoms with Gasteiger partial charge in [0.05, 0.1) is 11.4 Å². The van der Waals surface area contributed by atoms with Gasteiger partial charge in [0.25, 0.3) is 0 Å². The van der Waals surface area contributed by atoms with Gasteiger partial charge in [0.1, 0.15) is 12.1 Å². The largest absolute Gasteiger partial charge is 0.399 e. The molecule has 10 heteroatoms. The van der Waals surface area contributed by atoms with Crippen LogP contribution in [-0.4, -0.2) is 57.6 Å². The number of nitrogens with zero attached hydrogens (tertiary/aromatic N) is 7. The maximum Gasteiger partial charge on any atom is 0.231 e. The van der Waals surface area contributed by atoms with E-state index in [0.29, 0.717) is 53.1 Å². The smallest absolute Gasteiger partial charge is 0.231 e. The molecule has 1 saturated heterocycles. The van der Waals surface area contributed by atoms with Crippen LogP contribution >= 0.6 is 0 Å². The summed E-state index contributed by atoms with van der Waals surface area (Å²) in [5.74, 6) is 0.721. The van der Waals surface area contributed by atoms with Crippen LogP contribution in [0.5, 0.6) is 0 Å². The third-order valence-corrected chi connectivity index (χ3v) is 8.31. The lowest BCUT2D eigenvalue weighted by Crippen LogP contribution is -2.44. The van der Waals surface area contributed by atoms with E-state index >= 15 is 4.39 Å². The number of fused-ring (bicyclic) bond motifs is 1. The lowest BCUT2D eigenvalue weighted by Gasteiger charge is -2.34. The monoisotopic (exact) mass is 613 g/mol. The summed E-state index contributed by atoms with van der Waals surface area (Å²) in [4.78, 5) is 21.3. The average molecular weight is 614 g/mol. The molecule has 4 aromatic carbocycles. The number of hydrogen-bond donors (Lipinski definition) is 2. The first-order valence-electron chi connectivity index (χ1n) is 15.4. The minimum absolute atomic E-state index is 0.282. The van der Waals surface area contributed by atoms with Crippen LogP contribution in [0.4, 0.5) is 33.2 Å². The fraction of sp³-hybridized carbons (Fsp3) is 0.194. The molecule has 2 aromatic heterocycles. The summed E-state index contributed by atoms with van der Waals surface area (Å²) in [7, 11) is 2.09. The molecular formula is C36H36FN9.